The molecule has 1 fully saturated rings. The van der Waals surface area contributed by atoms with Crippen LogP contribution in [0.15, 0.2) is 48.9 Å². The first kappa shape index (κ1) is 19.8. The van der Waals surface area contributed by atoms with Crippen LogP contribution < -0.4 is 5.32 Å². The van der Waals surface area contributed by atoms with E-state index in [0.717, 1.165) is 0 Å². The van der Waals surface area contributed by atoms with E-state index >= 15 is 0 Å². The van der Waals surface area contributed by atoms with Crippen LogP contribution in [0.4, 0.5) is 0 Å². The summed E-state index contributed by atoms with van der Waals surface area (Å²) in [6.45, 7) is -0.968. The second kappa shape index (κ2) is 8.40. The third-order valence-electron chi connectivity index (χ3n) is 4.41. The molecule has 1 aromatic carbocycles. The van der Waals surface area contributed by atoms with Crippen LogP contribution >= 0.6 is 0 Å². The third-order valence-corrected chi connectivity index (χ3v) is 4.41. The summed E-state index contributed by atoms with van der Waals surface area (Å²) in [4.78, 5) is 31.7. The minimum Gasteiger partial charge on any atom is -0.387 e. The molecule has 0 unspecified atom stereocenters. The van der Waals surface area contributed by atoms with Crippen molar-refractivity contribution < 1.29 is 29.7 Å². The first-order chi connectivity index (χ1) is 13.4. The minimum absolute atomic E-state index is 0.0929. The molecule has 3 atom stereocenters. The number of aliphatic hydroxyl groups excluding tert-OH is 1. The standard InChI is InChI=1S/C18H20N4O6/c23-15-14(8-20-16(24)13-6-7-19-11-21-13)28-10-18(15,26)9-22(27)17(25)12-4-2-1-3-5-12/h1-7,11,14-15,23,26-27H,8-10H2,(H,20,24)/t14-,15-,18+/m1/s1. The van der Waals surface area contributed by atoms with Gasteiger partial charge in [-0.3, -0.25) is 14.8 Å². The molecule has 1 aliphatic rings. The maximum Gasteiger partial charge on any atom is 0.277 e. The van der Waals surface area contributed by atoms with Crippen LogP contribution in [0.2, 0.25) is 0 Å². The quantitative estimate of drug-likeness (QED) is 0.373. The number of hydrogen-bond donors (Lipinski definition) is 4. The van der Waals surface area contributed by atoms with Crippen molar-refractivity contribution in [2.75, 3.05) is 19.7 Å². The van der Waals surface area contributed by atoms with Gasteiger partial charge in [-0.15, -0.1) is 0 Å². The number of carbonyl (C=O) groups is 2. The Bertz CT molecular complexity index is 821. The first-order valence-corrected chi connectivity index (χ1v) is 8.53. The van der Waals surface area contributed by atoms with Crippen LogP contribution in [0.25, 0.3) is 0 Å². The van der Waals surface area contributed by atoms with Crippen molar-refractivity contribution in [3.05, 3.63) is 60.2 Å². The molecule has 1 saturated heterocycles. The van der Waals surface area contributed by atoms with Gasteiger partial charge in [0.05, 0.1) is 13.2 Å². The van der Waals surface area contributed by atoms with E-state index in [-0.39, 0.29) is 24.4 Å². The van der Waals surface area contributed by atoms with Gasteiger partial charge < -0.3 is 20.3 Å². The molecule has 10 nitrogen and oxygen atoms in total. The molecule has 0 aliphatic carbocycles. The van der Waals surface area contributed by atoms with E-state index in [0.29, 0.717) is 5.06 Å². The van der Waals surface area contributed by atoms with Crippen LogP contribution in [0.1, 0.15) is 20.8 Å². The van der Waals surface area contributed by atoms with Crippen molar-refractivity contribution in [1.82, 2.24) is 20.3 Å². The number of hydroxylamine groups is 2. The van der Waals surface area contributed by atoms with Crippen LogP contribution in [-0.4, -0.2) is 79.8 Å². The van der Waals surface area contributed by atoms with Gasteiger partial charge in [0.2, 0.25) is 0 Å². The lowest BCUT2D eigenvalue weighted by molar-refractivity contribution is -0.133. The summed E-state index contributed by atoms with van der Waals surface area (Å²) in [7, 11) is 0. The Morgan fingerprint density at radius 1 is 1.29 bits per heavy atom. The molecule has 10 heteroatoms. The molecular weight excluding hydrogens is 368 g/mol. The number of benzene rings is 1. The Morgan fingerprint density at radius 3 is 2.71 bits per heavy atom. The lowest BCUT2D eigenvalue weighted by Crippen LogP contribution is -2.54. The summed E-state index contributed by atoms with van der Waals surface area (Å²) in [6, 6.07) is 9.46. The predicted molar refractivity (Wildman–Crippen MR) is 94.3 cm³/mol. The van der Waals surface area contributed by atoms with Gasteiger partial charge in [0, 0.05) is 18.3 Å². The van der Waals surface area contributed by atoms with E-state index in [4.69, 9.17) is 4.74 Å². The molecule has 0 spiro atoms. The number of ether oxygens (including phenoxy) is 1. The maximum atomic E-state index is 12.2. The number of aromatic nitrogens is 2. The summed E-state index contributed by atoms with van der Waals surface area (Å²) in [5, 5.41) is 33.9. The largest absolute Gasteiger partial charge is 0.387 e. The van der Waals surface area contributed by atoms with Gasteiger partial charge in [0.25, 0.3) is 11.8 Å². The van der Waals surface area contributed by atoms with Crippen LogP contribution in [0, 0.1) is 0 Å². The number of rotatable bonds is 6. The Labute approximate surface area is 160 Å². The van der Waals surface area contributed by atoms with E-state index in [1.54, 1.807) is 18.2 Å². The van der Waals surface area contributed by atoms with Crippen molar-refractivity contribution in [2.45, 2.75) is 17.8 Å². The number of hydrogen-bond acceptors (Lipinski definition) is 8. The molecule has 2 aromatic rings. The van der Waals surface area contributed by atoms with Crippen LogP contribution in [0.3, 0.4) is 0 Å². The lowest BCUT2D eigenvalue weighted by Gasteiger charge is -2.29. The highest BCUT2D eigenvalue weighted by Crippen LogP contribution is 2.26. The van der Waals surface area contributed by atoms with Gasteiger partial charge in [0.1, 0.15) is 29.8 Å². The van der Waals surface area contributed by atoms with Gasteiger partial charge in [-0.25, -0.2) is 15.0 Å². The molecule has 0 saturated carbocycles. The molecule has 3 rings (SSSR count). The Hall–Kier alpha value is -2.92. The highest BCUT2D eigenvalue weighted by Gasteiger charge is 2.49. The average Bonchev–Trinajstić information content (AvgIpc) is 3.00. The SMILES string of the molecule is O=C(NC[C@H]1OC[C@@](O)(CN(O)C(=O)c2ccccc2)[C@@H]1O)c1ccncn1. The molecule has 0 radical (unpaired) electrons. The second-order valence-electron chi connectivity index (χ2n) is 6.43. The van der Waals surface area contributed by atoms with Crippen molar-refractivity contribution in [1.29, 1.82) is 0 Å². The monoisotopic (exact) mass is 388 g/mol. The second-order valence-corrected chi connectivity index (χ2v) is 6.43. The zero-order valence-electron chi connectivity index (χ0n) is 14.8. The number of nitrogens with zero attached hydrogens (tertiary/aromatic N) is 3. The Morgan fingerprint density at radius 2 is 2.04 bits per heavy atom. The fourth-order valence-electron chi connectivity index (χ4n) is 2.85. The van der Waals surface area contributed by atoms with Gasteiger partial charge in [-0.2, -0.15) is 0 Å². The highest BCUT2D eigenvalue weighted by molar-refractivity contribution is 5.93. The summed E-state index contributed by atoms with van der Waals surface area (Å²) in [5.74, 6) is -1.21. The predicted octanol–water partition coefficient (Wildman–Crippen LogP) is -0.771. The molecule has 1 aromatic heterocycles. The van der Waals surface area contributed by atoms with E-state index in [1.807, 2.05) is 0 Å². The van der Waals surface area contributed by atoms with Crippen molar-refractivity contribution in [2.24, 2.45) is 0 Å². The first-order valence-electron chi connectivity index (χ1n) is 8.53. The highest BCUT2D eigenvalue weighted by atomic mass is 16.5. The zero-order valence-corrected chi connectivity index (χ0v) is 14.8. The Kier molecular flexibility index (Phi) is 5.95. The Balaban J connectivity index is 1.56. The molecule has 2 amide bonds. The smallest absolute Gasteiger partial charge is 0.277 e. The molecule has 2 heterocycles. The summed E-state index contributed by atoms with van der Waals surface area (Å²) in [5.41, 5.74) is -1.51. The van der Waals surface area contributed by atoms with Gasteiger partial charge in [0.15, 0.2) is 0 Å². The number of aliphatic hydroxyl groups is 2. The van der Waals surface area contributed by atoms with Gasteiger partial charge >= 0.3 is 0 Å². The van der Waals surface area contributed by atoms with Crippen LogP contribution in [-0.2, 0) is 4.74 Å². The van der Waals surface area contributed by atoms with Crippen molar-refractivity contribution in [3.8, 4) is 0 Å². The lowest BCUT2D eigenvalue weighted by atomic mass is 9.96. The van der Waals surface area contributed by atoms with E-state index in [2.05, 4.69) is 15.3 Å². The van der Waals surface area contributed by atoms with E-state index in [1.165, 1.54) is 30.7 Å². The topological polar surface area (TPSA) is 145 Å². The number of nitrogens with one attached hydrogen (secondary N) is 1. The maximum absolute atomic E-state index is 12.2. The molecular formula is C18H20N4O6. The van der Waals surface area contributed by atoms with E-state index < -0.39 is 36.2 Å². The average molecular weight is 388 g/mol. The molecule has 0 bridgehead atoms. The summed E-state index contributed by atoms with van der Waals surface area (Å²) < 4.78 is 5.36. The fourth-order valence-corrected chi connectivity index (χ4v) is 2.85. The van der Waals surface area contributed by atoms with Gasteiger partial charge in [-0.05, 0) is 18.2 Å². The normalized spacial score (nSPS) is 24.0. The van der Waals surface area contributed by atoms with Gasteiger partial charge in [-0.1, -0.05) is 18.2 Å². The summed E-state index contributed by atoms with van der Waals surface area (Å²) >= 11 is 0. The minimum atomic E-state index is -1.89. The van der Waals surface area contributed by atoms with E-state index in [9.17, 15) is 25.0 Å². The van der Waals surface area contributed by atoms with Crippen molar-refractivity contribution >= 4 is 11.8 Å². The third kappa shape index (κ3) is 4.31. The van der Waals surface area contributed by atoms with Crippen LogP contribution in [0.5, 0.6) is 0 Å². The number of amides is 2. The number of carbonyl (C=O) groups excluding carboxylic acids is 2. The summed E-state index contributed by atoms with van der Waals surface area (Å²) in [6.07, 6.45) is 0.294. The molecule has 4 N–H and O–H groups in total. The zero-order chi connectivity index (χ0) is 20.1. The molecule has 148 valence electrons. The molecule has 28 heavy (non-hydrogen) atoms. The fraction of sp³-hybridized carbons (Fsp3) is 0.333. The molecule has 1 aliphatic heterocycles. The van der Waals surface area contributed by atoms with Crippen molar-refractivity contribution in [3.63, 3.8) is 0 Å².